The smallest absolute Gasteiger partial charge is 0.0638 e. The van der Waals surface area contributed by atoms with E-state index in [4.69, 9.17) is 9.84 Å². The van der Waals surface area contributed by atoms with Crippen molar-refractivity contribution in [2.45, 2.75) is 45.6 Å². The Morgan fingerprint density at radius 1 is 1.33 bits per heavy atom. The van der Waals surface area contributed by atoms with Crippen LogP contribution in [0.4, 0.5) is 0 Å². The predicted molar refractivity (Wildman–Crippen MR) is 64.1 cm³/mol. The lowest BCUT2D eigenvalue weighted by Crippen LogP contribution is -2.39. The summed E-state index contributed by atoms with van der Waals surface area (Å²) >= 11 is 0. The average molecular weight is 217 g/mol. The molecule has 0 spiro atoms. The van der Waals surface area contributed by atoms with E-state index < -0.39 is 0 Å². The van der Waals surface area contributed by atoms with Gasteiger partial charge in [-0.3, -0.25) is 0 Å². The summed E-state index contributed by atoms with van der Waals surface area (Å²) in [6, 6.07) is 0.0886. The first-order valence-electron chi connectivity index (χ1n) is 6.11. The summed E-state index contributed by atoms with van der Waals surface area (Å²) in [5.74, 6) is 0.732. The highest BCUT2D eigenvalue weighted by molar-refractivity contribution is 4.68. The molecule has 0 aromatic heterocycles. The van der Waals surface area contributed by atoms with Gasteiger partial charge in [0.25, 0.3) is 0 Å². The molecule has 0 heterocycles. The van der Waals surface area contributed by atoms with Gasteiger partial charge in [0, 0.05) is 7.11 Å². The Kier molecular flexibility index (Phi) is 10.3. The van der Waals surface area contributed by atoms with Crippen LogP contribution in [0.3, 0.4) is 0 Å². The molecule has 0 saturated carbocycles. The van der Waals surface area contributed by atoms with E-state index in [1.165, 1.54) is 25.7 Å². The number of rotatable bonds is 10. The van der Waals surface area contributed by atoms with Gasteiger partial charge < -0.3 is 15.2 Å². The van der Waals surface area contributed by atoms with Gasteiger partial charge in [-0.25, -0.2) is 0 Å². The number of nitrogens with one attached hydrogen (secondary N) is 1. The first kappa shape index (κ1) is 14.9. The van der Waals surface area contributed by atoms with Gasteiger partial charge in [0.2, 0.25) is 0 Å². The van der Waals surface area contributed by atoms with Crippen LogP contribution in [-0.2, 0) is 4.74 Å². The summed E-state index contributed by atoms with van der Waals surface area (Å²) in [7, 11) is 1.67. The normalized spacial score (nSPS) is 15.2. The lowest BCUT2D eigenvalue weighted by molar-refractivity contribution is 0.125. The summed E-state index contributed by atoms with van der Waals surface area (Å²) in [5.41, 5.74) is 0. The van der Waals surface area contributed by atoms with E-state index in [9.17, 15) is 0 Å². The van der Waals surface area contributed by atoms with Crippen molar-refractivity contribution >= 4 is 0 Å². The first-order chi connectivity index (χ1) is 7.28. The van der Waals surface area contributed by atoms with Crippen LogP contribution in [0, 0.1) is 5.92 Å². The first-order valence-corrected chi connectivity index (χ1v) is 6.11. The number of ether oxygens (including phenoxy) is 1. The van der Waals surface area contributed by atoms with Crippen LogP contribution < -0.4 is 5.32 Å². The maximum absolute atomic E-state index is 9.08. The van der Waals surface area contributed by atoms with Gasteiger partial charge in [0.05, 0.1) is 19.3 Å². The van der Waals surface area contributed by atoms with Crippen molar-refractivity contribution in [1.29, 1.82) is 0 Å². The van der Waals surface area contributed by atoms with Crippen molar-refractivity contribution in [2.24, 2.45) is 5.92 Å². The average Bonchev–Trinajstić information content (AvgIpc) is 2.27. The number of aliphatic hydroxyl groups excluding tert-OH is 1. The number of methoxy groups -OCH3 is 1. The molecule has 0 aliphatic rings. The SMILES string of the molecule is CCCCC(CC)CNC(CO)COC. The van der Waals surface area contributed by atoms with E-state index in [1.54, 1.807) is 7.11 Å². The molecular formula is C12H27NO2. The quantitative estimate of drug-likeness (QED) is 0.586. The van der Waals surface area contributed by atoms with Gasteiger partial charge in [0.1, 0.15) is 0 Å². The van der Waals surface area contributed by atoms with Crippen LogP contribution in [0.2, 0.25) is 0 Å². The van der Waals surface area contributed by atoms with E-state index in [0.717, 1.165) is 12.5 Å². The molecule has 0 aliphatic heterocycles. The van der Waals surface area contributed by atoms with Gasteiger partial charge in [-0.05, 0) is 18.9 Å². The Morgan fingerprint density at radius 3 is 2.53 bits per heavy atom. The number of unbranched alkanes of at least 4 members (excludes halogenated alkanes) is 1. The van der Waals surface area contributed by atoms with E-state index in [2.05, 4.69) is 19.2 Å². The third-order valence-corrected chi connectivity index (χ3v) is 2.83. The largest absolute Gasteiger partial charge is 0.395 e. The molecule has 0 aromatic rings. The zero-order chi connectivity index (χ0) is 11.5. The molecule has 0 aromatic carbocycles. The molecule has 2 N–H and O–H groups in total. The molecule has 0 amide bonds. The fourth-order valence-electron chi connectivity index (χ4n) is 1.65. The molecule has 2 unspecified atom stereocenters. The van der Waals surface area contributed by atoms with Crippen LogP contribution >= 0.6 is 0 Å². The van der Waals surface area contributed by atoms with Crippen LogP contribution in [0.15, 0.2) is 0 Å². The van der Waals surface area contributed by atoms with Crippen LogP contribution in [0.1, 0.15) is 39.5 Å². The third kappa shape index (κ3) is 7.77. The molecule has 0 radical (unpaired) electrons. The monoisotopic (exact) mass is 217 g/mol. The predicted octanol–water partition coefficient (Wildman–Crippen LogP) is 1.80. The molecule has 2 atom stereocenters. The van der Waals surface area contributed by atoms with Crippen molar-refractivity contribution in [2.75, 3.05) is 26.9 Å². The molecule has 0 aliphatic carbocycles. The second kappa shape index (κ2) is 10.4. The molecular weight excluding hydrogens is 190 g/mol. The summed E-state index contributed by atoms with van der Waals surface area (Å²) in [4.78, 5) is 0. The van der Waals surface area contributed by atoms with Gasteiger partial charge in [-0.15, -0.1) is 0 Å². The molecule has 0 fully saturated rings. The standard InChI is InChI=1S/C12H27NO2/c1-4-6-7-11(5-2)8-13-12(9-14)10-15-3/h11-14H,4-10H2,1-3H3. The van der Waals surface area contributed by atoms with Gasteiger partial charge in [-0.2, -0.15) is 0 Å². The van der Waals surface area contributed by atoms with Crippen molar-refractivity contribution < 1.29 is 9.84 Å². The number of aliphatic hydroxyl groups is 1. The molecule has 15 heavy (non-hydrogen) atoms. The highest BCUT2D eigenvalue weighted by Gasteiger charge is 2.10. The number of hydrogen-bond acceptors (Lipinski definition) is 3. The Bertz CT molecular complexity index is 131. The third-order valence-electron chi connectivity index (χ3n) is 2.83. The second-order valence-electron chi connectivity index (χ2n) is 4.16. The van der Waals surface area contributed by atoms with E-state index in [1.807, 2.05) is 0 Å². The van der Waals surface area contributed by atoms with E-state index >= 15 is 0 Å². The van der Waals surface area contributed by atoms with Crippen molar-refractivity contribution in [3.05, 3.63) is 0 Å². The van der Waals surface area contributed by atoms with Crippen LogP contribution in [-0.4, -0.2) is 38.0 Å². The number of hydrogen-bond donors (Lipinski definition) is 2. The van der Waals surface area contributed by atoms with Gasteiger partial charge >= 0.3 is 0 Å². The second-order valence-corrected chi connectivity index (χ2v) is 4.16. The van der Waals surface area contributed by atoms with Gasteiger partial charge in [0.15, 0.2) is 0 Å². The Balaban J connectivity index is 3.66. The van der Waals surface area contributed by atoms with Gasteiger partial charge in [-0.1, -0.05) is 33.1 Å². The summed E-state index contributed by atoms with van der Waals surface area (Å²) in [6.07, 6.45) is 5.05. The van der Waals surface area contributed by atoms with Crippen LogP contribution in [0.25, 0.3) is 0 Å². The molecule has 0 bridgehead atoms. The molecule has 92 valence electrons. The topological polar surface area (TPSA) is 41.5 Å². The Hall–Kier alpha value is -0.120. The summed E-state index contributed by atoms with van der Waals surface area (Å²) in [5, 5.41) is 12.4. The minimum Gasteiger partial charge on any atom is -0.395 e. The Labute approximate surface area is 94.2 Å². The van der Waals surface area contributed by atoms with Crippen molar-refractivity contribution in [3.8, 4) is 0 Å². The van der Waals surface area contributed by atoms with Crippen molar-refractivity contribution in [3.63, 3.8) is 0 Å². The molecule has 0 saturated heterocycles. The summed E-state index contributed by atoms with van der Waals surface area (Å²) < 4.78 is 5.02. The molecule has 3 nitrogen and oxygen atoms in total. The fraction of sp³-hybridized carbons (Fsp3) is 1.00. The highest BCUT2D eigenvalue weighted by atomic mass is 16.5. The van der Waals surface area contributed by atoms with E-state index in [0.29, 0.717) is 6.61 Å². The molecule has 3 heteroatoms. The Morgan fingerprint density at radius 2 is 2.07 bits per heavy atom. The van der Waals surface area contributed by atoms with E-state index in [-0.39, 0.29) is 12.6 Å². The summed E-state index contributed by atoms with van der Waals surface area (Å²) in [6.45, 7) is 6.18. The zero-order valence-electron chi connectivity index (χ0n) is 10.5. The maximum Gasteiger partial charge on any atom is 0.0638 e. The fourth-order valence-corrected chi connectivity index (χ4v) is 1.65. The minimum absolute atomic E-state index is 0.0886. The van der Waals surface area contributed by atoms with Crippen molar-refractivity contribution in [1.82, 2.24) is 5.32 Å². The minimum atomic E-state index is 0.0886. The zero-order valence-corrected chi connectivity index (χ0v) is 10.5. The maximum atomic E-state index is 9.08. The lowest BCUT2D eigenvalue weighted by atomic mass is 9.99. The lowest BCUT2D eigenvalue weighted by Gasteiger charge is -2.20. The highest BCUT2D eigenvalue weighted by Crippen LogP contribution is 2.11. The van der Waals surface area contributed by atoms with Crippen LogP contribution in [0.5, 0.6) is 0 Å². The molecule has 0 rings (SSSR count).